The zero-order valence-electron chi connectivity index (χ0n) is 12.8. The van der Waals surface area contributed by atoms with E-state index in [-0.39, 0.29) is 18.9 Å². The molecule has 0 bridgehead atoms. The Balaban J connectivity index is 3.13. The highest BCUT2D eigenvalue weighted by molar-refractivity contribution is 6.00. The normalized spacial score (nSPS) is 11.0. The van der Waals surface area contributed by atoms with Crippen LogP contribution in [0.4, 0.5) is 5.69 Å². The number of carboxylic acid groups (broad SMARTS) is 1. The highest BCUT2D eigenvalue weighted by atomic mass is 16.5. The van der Waals surface area contributed by atoms with Gasteiger partial charge in [-0.15, -0.1) is 0 Å². The smallest absolute Gasteiger partial charge is 0.305 e. The summed E-state index contributed by atoms with van der Waals surface area (Å²) in [6.45, 7) is 5.67. The van der Waals surface area contributed by atoms with Crippen LogP contribution < -0.4 is 10.5 Å². The highest BCUT2D eigenvalue weighted by Gasteiger charge is 2.29. The number of anilines is 1. The van der Waals surface area contributed by atoms with E-state index in [1.807, 2.05) is 20.8 Å². The van der Waals surface area contributed by atoms with Crippen molar-refractivity contribution in [3.63, 3.8) is 0 Å². The Bertz CT molecular complexity index is 535. The second-order valence-corrected chi connectivity index (χ2v) is 5.72. The third kappa shape index (κ3) is 4.37. The molecule has 6 nitrogen and oxygen atoms in total. The molecule has 0 spiro atoms. The van der Waals surface area contributed by atoms with Gasteiger partial charge in [-0.05, 0) is 39.0 Å². The molecule has 0 unspecified atom stereocenters. The largest absolute Gasteiger partial charge is 0.497 e. The van der Waals surface area contributed by atoms with Crippen molar-refractivity contribution in [3.05, 3.63) is 23.8 Å². The number of nitrogens with two attached hydrogens (primary N) is 1. The van der Waals surface area contributed by atoms with E-state index >= 15 is 0 Å². The number of hydrogen-bond donors (Lipinski definition) is 2. The van der Waals surface area contributed by atoms with Crippen molar-refractivity contribution < 1.29 is 19.4 Å². The third-order valence-corrected chi connectivity index (χ3v) is 3.10. The summed E-state index contributed by atoms with van der Waals surface area (Å²) in [7, 11) is 1.51. The van der Waals surface area contributed by atoms with Crippen LogP contribution in [-0.4, -0.2) is 41.1 Å². The van der Waals surface area contributed by atoms with Crippen molar-refractivity contribution in [3.8, 4) is 5.75 Å². The number of carbonyl (C=O) groups is 2. The minimum atomic E-state index is -0.948. The van der Waals surface area contributed by atoms with Crippen LogP contribution in [0.1, 0.15) is 37.6 Å². The molecule has 0 fully saturated rings. The van der Waals surface area contributed by atoms with Gasteiger partial charge >= 0.3 is 5.97 Å². The van der Waals surface area contributed by atoms with Gasteiger partial charge in [0.05, 0.1) is 19.1 Å². The van der Waals surface area contributed by atoms with Crippen molar-refractivity contribution in [1.29, 1.82) is 0 Å². The van der Waals surface area contributed by atoms with E-state index in [1.165, 1.54) is 12.0 Å². The van der Waals surface area contributed by atoms with E-state index < -0.39 is 11.5 Å². The van der Waals surface area contributed by atoms with Crippen LogP contribution >= 0.6 is 0 Å². The Morgan fingerprint density at radius 2 is 1.95 bits per heavy atom. The number of rotatable bonds is 5. The zero-order chi connectivity index (χ0) is 16.2. The molecule has 0 heterocycles. The quantitative estimate of drug-likeness (QED) is 0.810. The van der Waals surface area contributed by atoms with Gasteiger partial charge in [0.15, 0.2) is 0 Å². The van der Waals surface area contributed by atoms with Gasteiger partial charge in [0.25, 0.3) is 5.91 Å². The van der Waals surface area contributed by atoms with Gasteiger partial charge in [-0.25, -0.2) is 0 Å². The maximum atomic E-state index is 12.7. The van der Waals surface area contributed by atoms with Crippen LogP contribution in [0.25, 0.3) is 0 Å². The molecule has 0 radical (unpaired) electrons. The SMILES string of the molecule is COc1ccc(N)c(C(=O)N(CCC(=O)O)C(C)(C)C)c1. The summed E-state index contributed by atoms with van der Waals surface area (Å²) >= 11 is 0. The van der Waals surface area contributed by atoms with Crippen LogP contribution in [0.15, 0.2) is 18.2 Å². The highest BCUT2D eigenvalue weighted by Crippen LogP contribution is 2.24. The first kappa shape index (κ1) is 16.8. The molecule has 0 aliphatic heterocycles. The molecule has 116 valence electrons. The Hall–Kier alpha value is -2.24. The van der Waals surface area contributed by atoms with Crippen LogP contribution in [0.2, 0.25) is 0 Å². The average Bonchev–Trinajstić information content (AvgIpc) is 2.37. The molecular weight excluding hydrogens is 272 g/mol. The number of nitrogen functional groups attached to an aromatic ring is 1. The molecule has 0 aliphatic carbocycles. The standard InChI is InChI=1S/C15H22N2O4/c1-15(2,3)17(8-7-13(18)19)14(20)11-9-10(21-4)5-6-12(11)16/h5-6,9H,7-8,16H2,1-4H3,(H,18,19). The Kier molecular flexibility index (Phi) is 5.18. The molecule has 1 aromatic rings. The first-order valence-corrected chi connectivity index (χ1v) is 6.64. The number of methoxy groups -OCH3 is 1. The number of ether oxygens (including phenoxy) is 1. The fraction of sp³-hybridized carbons (Fsp3) is 0.467. The molecule has 3 N–H and O–H groups in total. The molecule has 0 saturated carbocycles. The first-order valence-electron chi connectivity index (χ1n) is 6.64. The molecule has 0 aromatic heterocycles. The lowest BCUT2D eigenvalue weighted by Gasteiger charge is -2.35. The molecule has 6 heteroatoms. The van der Waals surface area contributed by atoms with Crippen molar-refractivity contribution in [2.45, 2.75) is 32.7 Å². The lowest BCUT2D eigenvalue weighted by molar-refractivity contribution is -0.137. The molecule has 1 rings (SSSR count). The summed E-state index contributed by atoms with van der Waals surface area (Å²) in [4.78, 5) is 25.0. The van der Waals surface area contributed by atoms with Crippen molar-refractivity contribution in [2.24, 2.45) is 0 Å². The van der Waals surface area contributed by atoms with E-state index in [9.17, 15) is 9.59 Å². The summed E-state index contributed by atoms with van der Waals surface area (Å²) in [5.74, 6) is -0.726. The lowest BCUT2D eigenvalue weighted by Crippen LogP contribution is -2.46. The van der Waals surface area contributed by atoms with Crippen LogP contribution in [0.3, 0.4) is 0 Å². The van der Waals surface area contributed by atoms with Crippen LogP contribution in [0.5, 0.6) is 5.75 Å². The van der Waals surface area contributed by atoms with Crippen LogP contribution in [-0.2, 0) is 4.79 Å². The number of amides is 1. The molecule has 0 atom stereocenters. The number of carbonyl (C=O) groups excluding carboxylic acids is 1. The van der Waals surface area contributed by atoms with E-state index in [2.05, 4.69) is 0 Å². The predicted octanol–water partition coefficient (Wildman–Crippen LogP) is 1.99. The molecule has 0 saturated heterocycles. The fourth-order valence-electron chi connectivity index (χ4n) is 1.94. The molecule has 1 aromatic carbocycles. The van der Waals surface area contributed by atoms with E-state index in [0.717, 1.165) is 0 Å². The van der Waals surface area contributed by atoms with E-state index in [4.69, 9.17) is 15.6 Å². The van der Waals surface area contributed by atoms with Gasteiger partial charge in [-0.2, -0.15) is 0 Å². The molecule has 0 aliphatic rings. The van der Waals surface area contributed by atoms with Crippen molar-refractivity contribution in [1.82, 2.24) is 4.90 Å². The van der Waals surface area contributed by atoms with Crippen molar-refractivity contribution >= 4 is 17.6 Å². The maximum Gasteiger partial charge on any atom is 0.305 e. The minimum Gasteiger partial charge on any atom is -0.497 e. The zero-order valence-corrected chi connectivity index (χ0v) is 12.8. The van der Waals surface area contributed by atoms with Crippen LogP contribution in [0, 0.1) is 0 Å². The van der Waals surface area contributed by atoms with Gasteiger partial charge < -0.3 is 20.5 Å². The summed E-state index contributed by atoms with van der Waals surface area (Å²) < 4.78 is 5.10. The number of carboxylic acids is 1. The second-order valence-electron chi connectivity index (χ2n) is 5.72. The van der Waals surface area contributed by atoms with Crippen molar-refractivity contribution in [2.75, 3.05) is 19.4 Å². The van der Waals surface area contributed by atoms with E-state index in [1.54, 1.807) is 18.2 Å². The summed E-state index contributed by atoms with van der Waals surface area (Å²) in [5.41, 5.74) is 6.00. The average molecular weight is 294 g/mol. The molecular formula is C15H22N2O4. The lowest BCUT2D eigenvalue weighted by atomic mass is 10.0. The molecule has 21 heavy (non-hydrogen) atoms. The predicted molar refractivity (Wildman–Crippen MR) is 80.4 cm³/mol. The van der Waals surface area contributed by atoms with Gasteiger partial charge in [0.2, 0.25) is 0 Å². The summed E-state index contributed by atoms with van der Waals surface area (Å²) in [6.07, 6.45) is -0.118. The third-order valence-electron chi connectivity index (χ3n) is 3.10. The number of hydrogen-bond acceptors (Lipinski definition) is 4. The summed E-state index contributed by atoms with van der Waals surface area (Å²) in [6, 6.07) is 4.84. The van der Waals surface area contributed by atoms with Gasteiger partial charge in [0, 0.05) is 17.8 Å². The Labute approximate surface area is 124 Å². The van der Waals surface area contributed by atoms with Gasteiger partial charge in [-0.3, -0.25) is 9.59 Å². The van der Waals surface area contributed by atoms with E-state index in [0.29, 0.717) is 17.0 Å². The van der Waals surface area contributed by atoms with Gasteiger partial charge in [-0.1, -0.05) is 0 Å². The Morgan fingerprint density at radius 3 is 2.43 bits per heavy atom. The number of benzene rings is 1. The second kappa shape index (κ2) is 6.47. The topological polar surface area (TPSA) is 92.9 Å². The maximum absolute atomic E-state index is 12.7. The number of nitrogens with zero attached hydrogens (tertiary/aromatic N) is 1. The minimum absolute atomic E-state index is 0.118. The Morgan fingerprint density at radius 1 is 1.33 bits per heavy atom. The molecule has 1 amide bonds. The summed E-state index contributed by atoms with van der Waals surface area (Å²) in [5, 5.41) is 8.83. The number of aliphatic carboxylic acids is 1. The first-order chi connectivity index (χ1) is 9.66. The van der Waals surface area contributed by atoms with Gasteiger partial charge in [0.1, 0.15) is 5.75 Å². The fourth-order valence-corrected chi connectivity index (χ4v) is 1.94. The monoisotopic (exact) mass is 294 g/mol.